The second-order valence-electron chi connectivity index (χ2n) is 6.21. The first-order valence-corrected chi connectivity index (χ1v) is 7.81. The van der Waals surface area contributed by atoms with E-state index >= 15 is 0 Å². The van der Waals surface area contributed by atoms with Crippen molar-refractivity contribution in [2.45, 2.75) is 26.1 Å². The van der Waals surface area contributed by atoms with Crippen LogP contribution in [0.5, 0.6) is 0 Å². The minimum Gasteiger partial charge on any atom is -0.305 e. The minimum absolute atomic E-state index is 0.504. The zero-order valence-electron chi connectivity index (χ0n) is 13.9. The number of benzene rings is 2. The van der Waals surface area contributed by atoms with Gasteiger partial charge in [-0.2, -0.15) is 0 Å². The molecule has 0 aliphatic rings. The van der Waals surface area contributed by atoms with Gasteiger partial charge in [0.25, 0.3) is 0 Å². The highest BCUT2D eigenvalue weighted by Crippen LogP contribution is 2.11. The van der Waals surface area contributed by atoms with Crippen LogP contribution in [0, 0.1) is 0 Å². The van der Waals surface area contributed by atoms with E-state index in [9.17, 15) is 0 Å². The molecule has 2 radical (unpaired) electrons. The van der Waals surface area contributed by atoms with Crippen LogP contribution in [0.25, 0.3) is 0 Å². The maximum Gasteiger partial charge on any atom is 0.113 e. The molecule has 2 aromatic rings. The summed E-state index contributed by atoms with van der Waals surface area (Å²) in [5.41, 5.74) is 3.44. The average molecular weight is 292 g/mol. The SMILES string of the molecule is [B]c1cccc(CN(Cc2ccccc2)CC(C)N(C)C)c1. The van der Waals surface area contributed by atoms with E-state index in [1.54, 1.807) is 0 Å². The predicted octanol–water partition coefficient (Wildman–Crippen LogP) is 2.43. The molecule has 2 rings (SSSR count). The van der Waals surface area contributed by atoms with Crippen molar-refractivity contribution in [3.8, 4) is 0 Å². The van der Waals surface area contributed by atoms with Crippen LogP contribution in [0.4, 0.5) is 0 Å². The fourth-order valence-electron chi connectivity index (χ4n) is 2.51. The van der Waals surface area contributed by atoms with Gasteiger partial charge < -0.3 is 4.90 Å². The Hall–Kier alpha value is -1.58. The molecule has 2 nitrogen and oxygen atoms in total. The highest BCUT2D eigenvalue weighted by Gasteiger charge is 2.13. The highest BCUT2D eigenvalue weighted by atomic mass is 15.2. The van der Waals surface area contributed by atoms with Gasteiger partial charge in [-0.05, 0) is 32.1 Å². The summed E-state index contributed by atoms with van der Waals surface area (Å²) in [5, 5.41) is 0. The third kappa shape index (κ3) is 5.32. The molecule has 1 unspecified atom stereocenters. The van der Waals surface area contributed by atoms with Crippen molar-refractivity contribution in [2.75, 3.05) is 20.6 Å². The lowest BCUT2D eigenvalue weighted by molar-refractivity contribution is 0.180. The molecule has 1 atom stereocenters. The van der Waals surface area contributed by atoms with Gasteiger partial charge in [-0.15, -0.1) is 0 Å². The summed E-state index contributed by atoms with van der Waals surface area (Å²) < 4.78 is 0. The van der Waals surface area contributed by atoms with Crippen LogP contribution in [0.3, 0.4) is 0 Å². The Balaban J connectivity index is 2.10. The van der Waals surface area contributed by atoms with Crippen molar-refractivity contribution in [2.24, 2.45) is 0 Å². The standard InChI is InChI=1S/C19H25BN2/c1-16(21(2)3)13-22(14-17-8-5-4-6-9-17)15-18-10-7-11-19(20)12-18/h4-12,16H,13-15H2,1-3H3. The molecule has 0 amide bonds. The Morgan fingerprint density at radius 3 is 2.18 bits per heavy atom. The van der Waals surface area contributed by atoms with E-state index in [4.69, 9.17) is 7.85 Å². The molecule has 0 spiro atoms. The second kappa shape index (κ2) is 8.16. The lowest BCUT2D eigenvalue weighted by Crippen LogP contribution is -2.38. The van der Waals surface area contributed by atoms with E-state index in [0.717, 1.165) is 25.1 Å². The van der Waals surface area contributed by atoms with Crippen LogP contribution in [-0.2, 0) is 13.1 Å². The summed E-state index contributed by atoms with van der Waals surface area (Å²) in [5.74, 6) is 0. The molecule has 2 aromatic carbocycles. The van der Waals surface area contributed by atoms with Crippen LogP contribution < -0.4 is 5.46 Å². The molecule has 0 N–H and O–H groups in total. The Morgan fingerprint density at radius 1 is 0.909 bits per heavy atom. The summed E-state index contributed by atoms with van der Waals surface area (Å²) in [6, 6.07) is 19.3. The molecule has 0 aliphatic heterocycles. The molecule has 114 valence electrons. The highest BCUT2D eigenvalue weighted by molar-refractivity contribution is 6.32. The van der Waals surface area contributed by atoms with E-state index in [0.29, 0.717) is 6.04 Å². The smallest absolute Gasteiger partial charge is 0.113 e. The van der Waals surface area contributed by atoms with Crippen molar-refractivity contribution >= 4 is 13.3 Å². The molecule has 0 fully saturated rings. The van der Waals surface area contributed by atoms with E-state index in [1.807, 2.05) is 12.1 Å². The molecule has 0 saturated heterocycles. The Labute approximate surface area is 136 Å². The summed E-state index contributed by atoms with van der Waals surface area (Å²) >= 11 is 0. The lowest BCUT2D eigenvalue weighted by atomic mass is 9.94. The molecule has 0 aromatic heterocycles. The number of likely N-dealkylation sites (N-methyl/N-ethyl adjacent to an activating group) is 1. The topological polar surface area (TPSA) is 6.48 Å². The zero-order valence-corrected chi connectivity index (χ0v) is 13.9. The van der Waals surface area contributed by atoms with Crippen LogP contribution in [0.1, 0.15) is 18.1 Å². The maximum absolute atomic E-state index is 5.91. The summed E-state index contributed by atoms with van der Waals surface area (Å²) in [4.78, 5) is 4.74. The number of hydrogen-bond acceptors (Lipinski definition) is 2. The van der Waals surface area contributed by atoms with Crippen molar-refractivity contribution < 1.29 is 0 Å². The molecule has 3 heteroatoms. The van der Waals surface area contributed by atoms with Gasteiger partial charge in [0, 0.05) is 25.7 Å². The van der Waals surface area contributed by atoms with Crippen molar-refractivity contribution in [3.05, 3.63) is 65.7 Å². The fourth-order valence-corrected chi connectivity index (χ4v) is 2.51. The Bertz CT molecular complexity index is 569. The minimum atomic E-state index is 0.504. The molecular weight excluding hydrogens is 267 g/mol. The summed E-state index contributed by atoms with van der Waals surface area (Å²) in [7, 11) is 10.2. The van der Waals surface area contributed by atoms with Gasteiger partial charge in [-0.25, -0.2) is 0 Å². The first-order chi connectivity index (χ1) is 10.5. The molecule has 0 saturated carbocycles. The Kier molecular flexibility index (Phi) is 6.23. The van der Waals surface area contributed by atoms with E-state index in [-0.39, 0.29) is 0 Å². The summed E-state index contributed by atoms with van der Waals surface area (Å²) in [6.07, 6.45) is 0. The van der Waals surface area contributed by atoms with Crippen molar-refractivity contribution in [3.63, 3.8) is 0 Å². The third-order valence-electron chi connectivity index (χ3n) is 4.01. The third-order valence-corrected chi connectivity index (χ3v) is 4.01. The Morgan fingerprint density at radius 2 is 1.55 bits per heavy atom. The predicted molar refractivity (Wildman–Crippen MR) is 95.5 cm³/mol. The van der Waals surface area contributed by atoms with Gasteiger partial charge >= 0.3 is 0 Å². The summed E-state index contributed by atoms with van der Waals surface area (Å²) in [6.45, 7) is 5.15. The van der Waals surface area contributed by atoms with Gasteiger partial charge in [0.15, 0.2) is 0 Å². The fraction of sp³-hybridized carbons (Fsp3) is 0.368. The first-order valence-electron chi connectivity index (χ1n) is 7.81. The first kappa shape index (κ1) is 16.8. The van der Waals surface area contributed by atoms with E-state index < -0.39 is 0 Å². The lowest BCUT2D eigenvalue weighted by Gasteiger charge is -2.29. The average Bonchev–Trinajstić information content (AvgIpc) is 2.48. The van der Waals surface area contributed by atoms with E-state index in [2.05, 4.69) is 73.3 Å². The number of nitrogens with zero attached hydrogens (tertiary/aromatic N) is 2. The van der Waals surface area contributed by atoms with Crippen LogP contribution >= 0.6 is 0 Å². The monoisotopic (exact) mass is 292 g/mol. The van der Waals surface area contributed by atoms with E-state index in [1.165, 1.54) is 11.1 Å². The van der Waals surface area contributed by atoms with Gasteiger partial charge in [-0.1, -0.05) is 60.1 Å². The van der Waals surface area contributed by atoms with Gasteiger partial charge in [0.05, 0.1) is 0 Å². The molecular formula is C19H25BN2. The molecule has 0 aliphatic carbocycles. The van der Waals surface area contributed by atoms with Crippen LogP contribution in [0.2, 0.25) is 0 Å². The number of rotatable bonds is 7. The van der Waals surface area contributed by atoms with Gasteiger partial charge in [0.1, 0.15) is 7.85 Å². The van der Waals surface area contributed by atoms with Crippen LogP contribution in [0.15, 0.2) is 54.6 Å². The van der Waals surface area contributed by atoms with Crippen molar-refractivity contribution in [1.82, 2.24) is 9.80 Å². The van der Waals surface area contributed by atoms with Gasteiger partial charge in [-0.3, -0.25) is 4.90 Å². The normalized spacial score (nSPS) is 12.8. The van der Waals surface area contributed by atoms with Crippen LogP contribution in [-0.4, -0.2) is 44.3 Å². The quantitative estimate of drug-likeness (QED) is 0.723. The second-order valence-corrected chi connectivity index (χ2v) is 6.21. The molecule has 0 bridgehead atoms. The largest absolute Gasteiger partial charge is 0.305 e. The zero-order chi connectivity index (χ0) is 15.9. The molecule has 22 heavy (non-hydrogen) atoms. The molecule has 0 heterocycles. The van der Waals surface area contributed by atoms with Gasteiger partial charge in [0.2, 0.25) is 0 Å². The number of hydrogen-bond donors (Lipinski definition) is 0. The van der Waals surface area contributed by atoms with Crippen molar-refractivity contribution in [1.29, 1.82) is 0 Å². The maximum atomic E-state index is 5.91.